The molecule has 5 nitrogen and oxygen atoms in total. The smallest absolute Gasteiger partial charge is 0.337 e. The van der Waals surface area contributed by atoms with E-state index in [1.165, 1.54) is 25.0 Å². The molecule has 216 valence electrons. The topological polar surface area (TPSA) is 68.2 Å². The van der Waals surface area contributed by atoms with Crippen molar-refractivity contribution in [3.8, 4) is 17.2 Å². The molecular weight excluding hydrogens is 549 g/mol. The number of nitrogens with one attached hydrogen (secondary N) is 2. The van der Waals surface area contributed by atoms with E-state index in [0.717, 1.165) is 55.1 Å². The van der Waals surface area contributed by atoms with Gasteiger partial charge in [-0.3, -0.25) is 0 Å². The number of likely N-dealkylation sites (tertiary alicyclic amines) is 1. The minimum Gasteiger partial charge on any atom is -0.337 e. The van der Waals surface area contributed by atoms with Crippen LogP contribution >= 0.6 is 11.6 Å². The number of hydrogen-bond acceptors (Lipinski definition) is 3. The van der Waals surface area contributed by atoms with Gasteiger partial charge >= 0.3 is 12.2 Å². The molecule has 2 fully saturated rings. The van der Waals surface area contributed by atoms with Crippen LogP contribution in [0.1, 0.15) is 50.2 Å². The number of nitrogens with zero attached hydrogens (tertiary/aromatic N) is 2. The van der Waals surface area contributed by atoms with Crippen molar-refractivity contribution in [3.63, 3.8) is 0 Å². The summed E-state index contributed by atoms with van der Waals surface area (Å²) >= 11 is 5.82. The van der Waals surface area contributed by atoms with Crippen LogP contribution in [0.15, 0.2) is 71.3 Å². The van der Waals surface area contributed by atoms with Crippen molar-refractivity contribution in [1.29, 1.82) is 5.26 Å². The maximum absolute atomic E-state index is 13.5. The molecule has 2 aliphatic carbocycles. The van der Waals surface area contributed by atoms with Gasteiger partial charge in [-0.15, -0.1) is 0 Å². The fraction of sp³-hybridized carbons (Fsp3) is 0.438. The van der Waals surface area contributed by atoms with E-state index in [1.807, 2.05) is 30.3 Å². The summed E-state index contributed by atoms with van der Waals surface area (Å²) in [5, 5.41) is 14.6. The standard InChI is InChI=1S/C32H34ClF3N4O/c1-30(12-11-28(33)27(18-30)32(34,35)36)39-29(41)38-21-31(13-15-40(16-14-31)20-22-5-6-22)26-9-7-24(8-10-26)25-4-2-3-23(17-25)19-37/h2-4,7-12,17,22H,5-6,13-16,18,20-21H2,1H3,(H2,38,39,41). The Kier molecular flexibility index (Phi) is 8.22. The molecule has 5 rings (SSSR count). The van der Waals surface area contributed by atoms with E-state index >= 15 is 0 Å². The van der Waals surface area contributed by atoms with E-state index < -0.39 is 29.7 Å². The molecule has 1 atom stereocenters. The largest absolute Gasteiger partial charge is 0.414 e. The van der Waals surface area contributed by atoms with Crippen LogP contribution in [0.4, 0.5) is 18.0 Å². The molecule has 1 aliphatic heterocycles. The molecule has 1 heterocycles. The minimum absolute atomic E-state index is 0.311. The van der Waals surface area contributed by atoms with Crippen molar-refractivity contribution in [3.05, 3.63) is 82.4 Å². The van der Waals surface area contributed by atoms with Gasteiger partial charge in [0.05, 0.1) is 22.7 Å². The highest BCUT2D eigenvalue weighted by molar-refractivity contribution is 6.31. The molecular formula is C32H34ClF3N4O. The molecule has 1 unspecified atom stereocenters. The quantitative estimate of drug-likeness (QED) is 0.368. The number of alkyl halides is 3. The lowest BCUT2D eigenvalue weighted by molar-refractivity contribution is -0.0959. The number of hydrogen-bond donors (Lipinski definition) is 2. The Bertz CT molecular complexity index is 1380. The van der Waals surface area contributed by atoms with Gasteiger partial charge < -0.3 is 15.5 Å². The second-order valence-electron chi connectivity index (χ2n) is 11.9. The monoisotopic (exact) mass is 582 g/mol. The third-order valence-corrected chi connectivity index (χ3v) is 8.96. The predicted octanol–water partition coefficient (Wildman–Crippen LogP) is 7.04. The highest BCUT2D eigenvalue weighted by atomic mass is 35.5. The van der Waals surface area contributed by atoms with Crippen molar-refractivity contribution >= 4 is 17.6 Å². The van der Waals surface area contributed by atoms with Crippen molar-refractivity contribution in [2.24, 2.45) is 5.92 Å². The first-order chi connectivity index (χ1) is 19.5. The highest BCUT2D eigenvalue weighted by Gasteiger charge is 2.43. The number of benzene rings is 2. The summed E-state index contributed by atoms with van der Waals surface area (Å²) in [6, 6.07) is 17.4. The molecule has 1 saturated carbocycles. The van der Waals surface area contributed by atoms with Gasteiger partial charge in [0.15, 0.2) is 0 Å². The number of carbonyl (C=O) groups is 1. The maximum Gasteiger partial charge on any atom is 0.414 e. The zero-order valence-electron chi connectivity index (χ0n) is 23.0. The lowest BCUT2D eigenvalue weighted by Crippen LogP contribution is -2.54. The first-order valence-corrected chi connectivity index (χ1v) is 14.4. The number of piperidine rings is 1. The summed E-state index contributed by atoms with van der Waals surface area (Å²) in [5.41, 5.74) is 1.31. The molecule has 2 N–H and O–H groups in total. The molecule has 0 radical (unpaired) electrons. The maximum atomic E-state index is 13.5. The summed E-state index contributed by atoms with van der Waals surface area (Å²) in [6.45, 7) is 4.88. The number of allylic oxidation sites excluding steroid dienone is 2. The van der Waals surface area contributed by atoms with Crippen molar-refractivity contribution in [2.45, 2.75) is 56.2 Å². The van der Waals surface area contributed by atoms with E-state index in [2.05, 4.69) is 33.7 Å². The summed E-state index contributed by atoms with van der Waals surface area (Å²) in [6.07, 6.45) is 2.02. The molecule has 0 spiro atoms. The molecule has 9 heteroatoms. The van der Waals surface area contributed by atoms with Gasteiger partial charge in [0.2, 0.25) is 0 Å². The summed E-state index contributed by atoms with van der Waals surface area (Å²) in [7, 11) is 0. The van der Waals surface area contributed by atoms with E-state index in [9.17, 15) is 23.2 Å². The number of halogens is 4. The molecule has 3 aliphatic rings. The van der Waals surface area contributed by atoms with Crippen LogP contribution < -0.4 is 10.6 Å². The van der Waals surface area contributed by atoms with Gasteiger partial charge in [0.25, 0.3) is 0 Å². The molecule has 1 saturated heterocycles. The number of amides is 2. The third-order valence-electron chi connectivity index (χ3n) is 8.61. The molecule has 2 aromatic rings. The second kappa shape index (κ2) is 11.5. The second-order valence-corrected chi connectivity index (χ2v) is 12.3. The van der Waals surface area contributed by atoms with Gasteiger partial charge in [0, 0.05) is 30.0 Å². The highest BCUT2D eigenvalue weighted by Crippen LogP contribution is 2.40. The van der Waals surface area contributed by atoms with Crippen LogP contribution in [-0.2, 0) is 5.41 Å². The lowest BCUT2D eigenvalue weighted by atomic mass is 9.72. The first kappa shape index (κ1) is 29.2. The zero-order chi connectivity index (χ0) is 29.3. The van der Waals surface area contributed by atoms with E-state index in [4.69, 9.17) is 11.6 Å². The van der Waals surface area contributed by atoms with Crippen LogP contribution in [0.2, 0.25) is 0 Å². The summed E-state index contributed by atoms with van der Waals surface area (Å²) in [5.74, 6) is 0.795. The van der Waals surface area contributed by atoms with Crippen molar-refractivity contribution in [2.75, 3.05) is 26.2 Å². The summed E-state index contributed by atoms with van der Waals surface area (Å²) < 4.78 is 40.4. The molecule has 2 aromatic carbocycles. The van der Waals surface area contributed by atoms with Crippen LogP contribution in [0.3, 0.4) is 0 Å². The van der Waals surface area contributed by atoms with Gasteiger partial charge in [-0.2, -0.15) is 18.4 Å². The fourth-order valence-electron chi connectivity index (χ4n) is 5.92. The minimum atomic E-state index is -4.57. The van der Waals surface area contributed by atoms with E-state index in [0.29, 0.717) is 12.1 Å². The van der Waals surface area contributed by atoms with Crippen LogP contribution in [-0.4, -0.2) is 48.8 Å². The average molecular weight is 583 g/mol. The Hall–Kier alpha value is -3.28. The van der Waals surface area contributed by atoms with Crippen LogP contribution in [0.25, 0.3) is 11.1 Å². The molecule has 0 bridgehead atoms. The Labute approximate surface area is 244 Å². The predicted molar refractivity (Wildman–Crippen MR) is 154 cm³/mol. The number of urea groups is 1. The third kappa shape index (κ3) is 6.97. The number of rotatable bonds is 7. The normalized spacial score (nSPS) is 22.7. The van der Waals surface area contributed by atoms with Gasteiger partial charge in [-0.25, -0.2) is 4.79 Å². The van der Waals surface area contributed by atoms with Crippen molar-refractivity contribution < 1.29 is 18.0 Å². The van der Waals surface area contributed by atoms with Gasteiger partial charge in [-0.1, -0.05) is 54.1 Å². The SMILES string of the molecule is CC1(NC(=O)NCC2(c3ccc(-c4cccc(C#N)c4)cc3)CCN(CC3CC3)CC2)C=CC(Cl)=C(C(F)(F)F)C1. The van der Waals surface area contributed by atoms with Crippen LogP contribution in [0.5, 0.6) is 0 Å². The van der Waals surface area contributed by atoms with Crippen molar-refractivity contribution in [1.82, 2.24) is 15.5 Å². The first-order valence-electron chi connectivity index (χ1n) is 14.0. The summed E-state index contributed by atoms with van der Waals surface area (Å²) in [4.78, 5) is 15.6. The molecule has 41 heavy (non-hydrogen) atoms. The Morgan fingerprint density at radius 1 is 1.12 bits per heavy atom. The van der Waals surface area contributed by atoms with E-state index in [1.54, 1.807) is 13.0 Å². The van der Waals surface area contributed by atoms with Gasteiger partial charge in [0.1, 0.15) is 0 Å². The van der Waals surface area contributed by atoms with E-state index in [-0.39, 0.29) is 10.4 Å². The number of nitriles is 1. The molecule has 2 amide bonds. The average Bonchev–Trinajstić information content (AvgIpc) is 3.78. The zero-order valence-corrected chi connectivity index (χ0v) is 23.8. The Morgan fingerprint density at radius 3 is 2.46 bits per heavy atom. The lowest BCUT2D eigenvalue weighted by Gasteiger charge is -2.43. The molecule has 0 aromatic heterocycles. The Morgan fingerprint density at radius 2 is 1.83 bits per heavy atom. The van der Waals surface area contributed by atoms with Crippen LogP contribution in [0, 0.1) is 17.2 Å². The fourth-order valence-corrected chi connectivity index (χ4v) is 6.16. The van der Waals surface area contributed by atoms with Gasteiger partial charge in [-0.05, 0) is 86.5 Å². The Balaban J connectivity index is 1.30. The number of carbonyl (C=O) groups excluding carboxylic acids is 1.